The second-order valence-electron chi connectivity index (χ2n) is 5.96. The summed E-state index contributed by atoms with van der Waals surface area (Å²) >= 11 is 0. The summed E-state index contributed by atoms with van der Waals surface area (Å²) in [6.45, 7) is 7.13. The quantitative estimate of drug-likeness (QED) is 0.889. The number of nitrogens with zero attached hydrogens (tertiary/aromatic N) is 1. The molecule has 0 aromatic heterocycles. The van der Waals surface area contributed by atoms with Gasteiger partial charge in [0.2, 0.25) is 0 Å². The molecule has 1 aliphatic rings. The molecule has 0 heterocycles. The van der Waals surface area contributed by atoms with E-state index in [0.717, 1.165) is 0 Å². The Balaban J connectivity index is 2.25. The molecule has 3 nitrogen and oxygen atoms in total. The maximum Gasteiger partial charge on any atom is 0.252 e. The second kappa shape index (κ2) is 4.06. The first-order valence-corrected chi connectivity index (χ1v) is 6.23. The third-order valence-electron chi connectivity index (χ3n) is 3.95. The lowest BCUT2D eigenvalue weighted by molar-refractivity contribution is 0.0934. The highest BCUT2D eigenvalue weighted by Crippen LogP contribution is 2.55. The molecule has 0 aliphatic heterocycles. The molecule has 1 N–H and O–H groups in total. The molecule has 1 aromatic carbocycles. The van der Waals surface area contributed by atoms with Crippen LogP contribution in [0.3, 0.4) is 0 Å². The molecule has 19 heavy (non-hydrogen) atoms. The average Bonchev–Trinajstić information content (AvgIpc) is 2.87. The molecule has 1 aliphatic carbocycles. The lowest BCUT2D eigenvalue weighted by Gasteiger charge is -2.15. The van der Waals surface area contributed by atoms with E-state index in [1.165, 1.54) is 12.1 Å². The van der Waals surface area contributed by atoms with E-state index in [-0.39, 0.29) is 17.1 Å². The van der Waals surface area contributed by atoms with Crippen LogP contribution in [0.4, 0.5) is 4.39 Å². The first-order valence-electron chi connectivity index (χ1n) is 6.23. The number of carbonyl (C=O) groups excluding carboxylic acids is 1. The van der Waals surface area contributed by atoms with Crippen LogP contribution < -0.4 is 5.32 Å². The fourth-order valence-corrected chi connectivity index (χ4v) is 2.39. The standard InChI is InChI=1S/C15H17FN2O/c1-9-5-11(6-10(2)12(9)16)13(19)18-15(8-17)7-14(15,3)4/h5-6H,7H2,1-4H3,(H,18,19)/t15-/m1/s1. The number of carbonyl (C=O) groups is 1. The average molecular weight is 260 g/mol. The third kappa shape index (κ3) is 2.10. The van der Waals surface area contributed by atoms with Gasteiger partial charge in [0.05, 0.1) is 6.07 Å². The predicted octanol–water partition coefficient (Wildman–Crippen LogP) is 2.86. The van der Waals surface area contributed by atoms with Crippen LogP contribution in [0.2, 0.25) is 0 Å². The number of aryl methyl sites for hydroxylation is 2. The number of amides is 1. The summed E-state index contributed by atoms with van der Waals surface area (Å²) < 4.78 is 13.5. The van der Waals surface area contributed by atoms with Crippen molar-refractivity contribution in [3.63, 3.8) is 0 Å². The zero-order chi connectivity index (χ0) is 14.4. The van der Waals surface area contributed by atoms with Crippen molar-refractivity contribution in [1.29, 1.82) is 5.26 Å². The fourth-order valence-electron chi connectivity index (χ4n) is 2.39. The van der Waals surface area contributed by atoms with Crippen molar-refractivity contribution in [2.24, 2.45) is 5.41 Å². The van der Waals surface area contributed by atoms with Crippen LogP contribution >= 0.6 is 0 Å². The van der Waals surface area contributed by atoms with Gasteiger partial charge in [0.15, 0.2) is 0 Å². The van der Waals surface area contributed by atoms with Crippen molar-refractivity contribution in [2.75, 3.05) is 0 Å². The molecule has 0 radical (unpaired) electrons. The molecule has 0 spiro atoms. The molecule has 0 unspecified atom stereocenters. The van der Waals surface area contributed by atoms with E-state index in [4.69, 9.17) is 0 Å². The molecule has 1 aromatic rings. The van der Waals surface area contributed by atoms with Gasteiger partial charge in [-0.3, -0.25) is 4.79 Å². The Morgan fingerprint density at radius 1 is 1.37 bits per heavy atom. The Morgan fingerprint density at radius 2 is 1.84 bits per heavy atom. The molecule has 1 fully saturated rings. The highest BCUT2D eigenvalue weighted by molar-refractivity contribution is 5.95. The SMILES string of the molecule is Cc1cc(C(=O)N[C@@]2(C#N)CC2(C)C)cc(C)c1F. The molecule has 0 saturated heterocycles. The van der Waals surface area contributed by atoms with Gasteiger partial charge >= 0.3 is 0 Å². The largest absolute Gasteiger partial charge is 0.333 e. The lowest BCUT2D eigenvalue weighted by atomic mass is 10.0. The summed E-state index contributed by atoms with van der Waals surface area (Å²) in [5, 5.41) is 12.0. The summed E-state index contributed by atoms with van der Waals surface area (Å²) in [4.78, 5) is 12.2. The first kappa shape index (κ1) is 13.5. The van der Waals surface area contributed by atoms with E-state index in [0.29, 0.717) is 23.1 Å². The monoisotopic (exact) mass is 260 g/mol. The molecule has 100 valence electrons. The Bertz CT molecular complexity index is 578. The number of hydrogen-bond donors (Lipinski definition) is 1. The Hall–Kier alpha value is -1.89. The van der Waals surface area contributed by atoms with E-state index >= 15 is 0 Å². The van der Waals surface area contributed by atoms with Crippen LogP contribution in [0.25, 0.3) is 0 Å². The van der Waals surface area contributed by atoms with Gasteiger partial charge in [-0.2, -0.15) is 5.26 Å². The Labute approximate surface area is 112 Å². The van der Waals surface area contributed by atoms with Gasteiger partial charge in [-0.25, -0.2) is 4.39 Å². The fraction of sp³-hybridized carbons (Fsp3) is 0.467. The van der Waals surface area contributed by atoms with E-state index < -0.39 is 5.54 Å². The van der Waals surface area contributed by atoms with E-state index in [1.54, 1.807) is 13.8 Å². The number of nitriles is 1. The summed E-state index contributed by atoms with van der Waals surface area (Å²) in [6, 6.07) is 5.20. The predicted molar refractivity (Wildman–Crippen MR) is 70.1 cm³/mol. The summed E-state index contributed by atoms with van der Waals surface area (Å²) in [7, 11) is 0. The number of halogens is 1. The summed E-state index contributed by atoms with van der Waals surface area (Å²) in [6.07, 6.45) is 0.640. The Morgan fingerprint density at radius 3 is 2.21 bits per heavy atom. The van der Waals surface area contributed by atoms with Crippen molar-refractivity contribution < 1.29 is 9.18 Å². The summed E-state index contributed by atoms with van der Waals surface area (Å²) in [5.41, 5.74) is 0.271. The molecular formula is C15H17FN2O. The lowest BCUT2D eigenvalue weighted by Crippen LogP contribution is -2.39. The molecular weight excluding hydrogens is 243 g/mol. The molecule has 1 amide bonds. The molecule has 4 heteroatoms. The third-order valence-corrected chi connectivity index (χ3v) is 3.95. The zero-order valence-corrected chi connectivity index (χ0v) is 11.6. The number of benzene rings is 1. The van der Waals surface area contributed by atoms with Crippen molar-refractivity contribution >= 4 is 5.91 Å². The zero-order valence-electron chi connectivity index (χ0n) is 11.6. The number of nitrogens with one attached hydrogen (secondary N) is 1. The smallest absolute Gasteiger partial charge is 0.252 e. The van der Waals surface area contributed by atoms with Crippen LogP contribution in [-0.2, 0) is 0 Å². The van der Waals surface area contributed by atoms with Gasteiger partial charge in [0, 0.05) is 11.0 Å². The summed E-state index contributed by atoms with van der Waals surface area (Å²) in [5.74, 6) is -0.614. The molecule has 0 bridgehead atoms. The molecule has 1 atom stereocenters. The van der Waals surface area contributed by atoms with Gasteiger partial charge < -0.3 is 5.32 Å². The van der Waals surface area contributed by atoms with Crippen molar-refractivity contribution in [2.45, 2.75) is 39.7 Å². The van der Waals surface area contributed by atoms with Gasteiger partial charge in [-0.15, -0.1) is 0 Å². The first-order chi connectivity index (χ1) is 8.72. The highest BCUT2D eigenvalue weighted by atomic mass is 19.1. The van der Waals surface area contributed by atoms with E-state index in [2.05, 4.69) is 11.4 Å². The van der Waals surface area contributed by atoms with E-state index in [1.807, 2.05) is 13.8 Å². The maximum atomic E-state index is 13.5. The van der Waals surface area contributed by atoms with Crippen LogP contribution in [0.5, 0.6) is 0 Å². The van der Waals surface area contributed by atoms with Gasteiger partial charge in [-0.1, -0.05) is 13.8 Å². The molecule has 2 rings (SSSR count). The van der Waals surface area contributed by atoms with E-state index in [9.17, 15) is 14.4 Å². The number of rotatable bonds is 2. The van der Waals surface area contributed by atoms with Crippen LogP contribution in [0, 0.1) is 36.4 Å². The van der Waals surface area contributed by atoms with Crippen molar-refractivity contribution in [3.05, 3.63) is 34.6 Å². The minimum atomic E-state index is -0.791. The van der Waals surface area contributed by atoms with Crippen molar-refractivity contribution in [1.82, 2.24) is 5.32 Å². The normalized spacial score (nSPS) is 23.6. The van der Waals surface area contributed by atoms with Gasteiger partial charge in [-0.05, 0) is 43.5 Å². The van der Waals surface area contributed by atoms with Crippen LogP contribution in [0.1, 0.15) is 41.8 Å². The van der Waals surface area contributed by atoms with Crippen LogP contribution in [0.15, 0.2) is 12.1 Å². The minimum Gasteiger partial charge on any atom is -0.333 e. The Kier molecular flexibility index (Phi) is 2.89. The van der Waals surface area contributed by atoms with Crippen molar-refractivity contribution in [3.8, 4) is 6.07 Å². The van der Waals surface area contributed by atoms with Crippen LogP contribution in [-0.4, -0.2) is 11.4 Å². The minimum absolute atomic E-state index is 0.207. The van der Waals surface area contributed by atoms with Gasteiger partial charge in [0.25, 0.3) is 5.91 Å². The highest BCUT2D eigenvalue weighted by Gasteiger charge is 2.63. The second-order valence-corrected chi connectivity index (χ2v) is 5.96. The molecule has 1 saturated carbocycles. The maximum absolute atomic E-state index is 13.5. The van der Waals surface area contributed by atoms with Gasteiger partial charge in [0.1, 0.15) is 11.4 Å². The number of hydrogen-bond acceptors (Lipinski definition) is 2. The topological polar surface area (TPSA) is 52.9 Å².